The molecule has 2 N–H and O–H groups in total. The summed E-state index contributed by atoms with van der Waals surface area (Å²) in [4.78, 5) is 30.2. The molecule has 1 heterocycles. The van der Waals surface area contributed by atoms with Gasteiger partial charge in [0.05, 0.1) is 19.1 Å². The number of piperidine rings is 1. The number of amides is 1. The van der Waals surface area contributed by atoms with E-state index in [4.69, 9.17) is 9.47 Å². The normalized spacial score (nSPS) is 16.9. The summed E-state index contributed by atoms with van der Waals surface area (Å²) in [5, 5.41) is 6.26. The number of likely N-dealkylation sites (tertiary alicyclic amines) is 1. The topological polar surface area (TPSA) is 92.3 Å². The Hall–Kier alpha value is -1.26. The summed E-state index contributed by atoms with van der Waals surface area (Å²) in [7, 11) is 3.17. The lowest BCUT2D eigenvalue weighted by molar-refractivity contribution is -0.146. The van der Waals surface area contributed by atoms with Crippen LogP contribution in [0.4, 0.5) is 4.79 Å². The van der Waals surface area contributed by atoms with Crippen LogP contribution in [0, 0.1) is 11.8 Å². The zero-order valence-corrected chi connectivity index (χ0v) is 20.5. The summed E-state index contributed by atoms with van der Waals surface area (Å²) in [6.45, 7) is 11.7. The van der Waals surface area contributed by atoms with Gasteiger partial charge in [-0.05, 0) is 39.5 Å². The van der Waals surface area contributed by atoms with Gasteiger partial charge in [0, 0.05) is 26.7 Å². The van der Waals surface area contributed by atoms with Crippen LogP contribution in [-0.4, -0.2) is 68.4 Å². The van der Waals surface area contributed by atoms with E-state index in [2.05, 4.69) is 20.5 Å². The van der Waals surface area contributed by atoms with Crippen molar-refractivity contribution in [3.63, 3.8) is 0 Å². The largest absolute Gasteiger partial charge is 0.469 e. The highest BCUT2D eigenvalue weighted by molar-refractivity contribution is 14.0. The number of aliphatic imine (C=N–C) groups is 1. The number of guanidine groups is 1. The number of methoxy groups -OCH3 is 1. The van der Waals surface area contributed by atoms with Crippen LogP contribution in [-0.2, 0) is 14.3 Å². The molecule has 1 saturated heterocycles. The molecule has 0 aliphatic carbocycles. The Morgan fingerprint density at radius 3 is 2.21 bits per heavy atom. The maximum absolute atomic E-state index is 12.1. The van der Waals surface area contributed by atoms with E-state index in [0.717, 1.165) is 31.9 Å². The molecule has 0 radical (unpaired) electrons. The van der Waals surface area contributed by atoms with E-state index in [1.807, 2.05) is 34.6 Å². The predicted octanol–water partition coefficient (Wildman–Crippen LogP) is 2.61. The molecule has 28 heavy (non-hydrogen) atoms. The van der Waals surface area contributed by atoms with Gasteiger partial charge in [-0.1, -0.05) is 13.8 Å². The number of halogens is 1. The predicted molar refractivity (Wildman–Crippen MR) is 121 cm³/mol. The van der Waals surface area contributed by atoms with Crippen molar-refractivity contribution in [2.24, 2.45) is 16.8 Å². The summed E-state index contributed by atoms with van der Waals surface area (Å²) in [5.74, 6) is 0.823. The molecule has 164 valence electrons. The zero-order valence-electron chi connectivity index (χ0n) is 18.2. The van der Waals surface area contributed by atoms with E-state index in [1.54, 1.807) is 7.05 Å². The number of alkyl carbamates (subject to hydrolysis) is 1. The summed E-state index contributed by atoms with van der Waals surface area (Å²) in [6, 6.07) is -0.0933. The molecule has 0 bridgehead atoms. The van der Waals surface area contributed by atoms with E-state index in [0.29, 0.717) is 6.54 Å². The van der Waals surface area contributed by atoms with Crippen molar-refractivity contribution >= 4 is 42.0 Å². The number of hydrogen-bond donors (Lipinski definition) is 2. The summed E-state index contributed by atoms with van der Waals surface area (Å²) >= 11 is 0. The molecule has 1 rings (SSSR count). The molecule has 8 nitrogen and oxygen atoms in total. The van der Waals surface area contributed by atoms with Crippen LogP contribution in [0.1, 0.15) is 47.5 Å². The highest BCUT2D eigenvalue weighted by Crippen LogP contribution is 2.18. The Labute approximate surface area is 186 Å². The number of hydrogen-bond acceptors (Lipinski definition) is 5. The number of carbonyl (C=O) groups excluding carboxylic acids is 2. The van der Waals surface area contributed by atoms with Crippen molar-refractivity contribution in [3.8, 4) is 0 Å². The first kappa shape index (κ1) is 26.7. The summed E-state index contributed by atoms with van der Waals surface area (Å²) in [6.07, 6.45) is 1.07. The van der Waals surface area contributed by atoms with Gasteiger partial charge in [0.25, 0.3) is 0 Å². The Kier molecular flexibility index (Phi) is 11.8. The van der Waals surface area contributed by atoms with Gasteiger partial charge in [0.1, 0.15) is 5.60 Å². The van der Waals surface area contributed by atoms with Crippen molar-refractivity contribution in [1.29, 1.82) is 0 Å². The fourth-order valence-electron chi connectivity index (χ4n) is 2.94. The molecule has 1 aliphatic heterocycles. The second-order valence-corrected chi connectivity index (χ2v) is 8.21. The highest BCUT2D eigenvalue weighted by Gasteiger charge is 2.28. The number of nitrogens with zero attached hydrogens (tertiary/aromatic N) is 2. The van der Waals surface area contributed by atoms with Gasteiger partial charge >= 0.3 is 12.1 Å². The first-order valence-corrected chi connectivity index (χ1v) is 9.60. The number of nitrogens with one attached hydrogen (secondary N) is 2. The molecular weight excluding hydrogens is 475 g/mol. The average molecular weight is 512 g/mol. The molecule has 1 atom stereocenters. The Morgan fingerprint density at radius 2 is 1.79 bits per heavy atom. The average Bonchev–Trinajstić information content (AvgIpc) is 2.59. The van der Waals surface area contributed by atoms with Crippen LogP contribution >= 0.6 is 24.0 Å². The van der Waals surface area contributed by atoms with Gasteiger partial charge in [0.2, 0.25) is 0 Å². The third-order valence-electron chi connectivity index (χ3n) is 4.53. The minimum absolute atomic E-state index is 0. The standard InChI is InChI=1S/C19H36N4O4.HI/c1-13(2)15(22-18(25)27-19(3,4)5)12-21-17(20-6)23-10-8-14(9-11-23)16(24)26-7;/h13-15H,8-12H2,1-7H3,(H,20,21)(H,22,25);1H. The summed E-state index contributed by atoms with van der Waals surface area (Å²) in [5.41, 5.74) is -0.529. The molecular formula is C19H37IN4O4. The second-order valence-electron chi connectivity index (χ2n) is 8.21. The van der Waals surface area contributed by atoms with E-state index >= 15 is 0 Å². The van der Waals surface area contributed by atoms with Crippen LogP contribution in [0.25, 0.3) is 0 Å². The van der Waals surface area contributed by atoms with Gasteiger partial charge in [-0.2, -0.15) is 0 Å². The number of esters is 1. The van der Waals surface area contributed by atoms with Gasteiger partial charge in [-0.25, -0.2) is 4.79 Å². The maximum Gasteiger partial charge on any atom is 0.407 e. The molecule has 0 saturated carbocycles. The van der Waals surface area contributed by atoms with Crippen LogP contribution in [0.3, 0.4) is 0 Å². The molecule has 0 aromatic heterocycles. The third-order valence-corrected chi connectivity index (χ3v) is 4.53. The molecule has 0 aromatic rings. The number of rotatable bonds is 5. The summed E-state index contributed by atoms with van der Waals surface area (Å²) < 4.78 is 10.2. The fourth-order valence-corrected chi connectivity index (χ4v) is 2.94. The lowest BCUT2D eigenvalue weighted by Crippen LogP contribution is -2.52. The van der Waals surface area contributed by atoms with Gasteiger partial charge in [-0.3, -0.25) is 9.79 Å². The van der Waals surface area contributed by atoms with E-state index in [1.165, 1.54) is 7.11 Å². The van der Waals surface area contributed by atoms with E-state index in [-0.39, 0.29) is 47.8 Å². The van der Waals surface area contributed by atoms with E-state index < -0.39 is 11.7 Å². The van der Waals surface area contributed by atoms with Crippen LogP contribution in [0.5, 0.6) is 0 Å². The molecule has 9 heteroatoms. The first-order valence-electron chi connectivity index (χ1n) is 9.60. The maximum atomic E-state index is 12.1. The lowest BCUT2D eigenvalue weighted by Gasteiger charge is -2.34. The monoisotopic (exact) mass is 512 g/mol. The first-order chi connectivity index (χ1) is 12.6. The van der Waals surface area contributed by atoms with Crippen molar-refractivity contribution in [1.82, 2.24) is 15.5 Å². The third kappa shape index (κ3) is 9.29. The zero-order chi connectivity index (χ0) is 20.6. The van der Waals surface area contributed by atoms with Crippen LogP contribution in [0.2, 0.25) is 0 Å². The molecule has 1 aliphatic rings. The van der Waals surface area contributed by atoms with Gasteiger partial charge in [-0.15, -0.1) is 24.0 Å². The molecule has 0 aromatic carbocycles. The quantitative estimate of drug-likeness (QED) is 0.255. The minimum Gasteiger partial charge on any atom is -0.469 e. The Morgan fingerprint density at radius 1 is 1.21 bits per heavy atom. The number of carbonyl (C=O) groups is 2. The van der Waals surface area contributed by atoms with Crippen molar-refractivity contribution in [2.45, 2.75) is 59.1 Å². The molecule has 0 spiro atoms. The van der Waals surface area contributed by atoms with Crippen molar-refractivity contribution in [2.75, 3.05) is 33.8 Å². The second kappa shape index (κ2) is 12.3. The van der Waals surface area contributed by atoms with Crippen molar-refractivity contribution < 1.29 is 19.1 Å². The van der Waals surface area contributed by atoms with E-state index in [9.17, 15) is 9.59 Å². The van der Waals surface area contributed by atoms with Crippen LogP contribution in [0.15, 0.2) is 4.99 Å². The van der Waals surface area contributed by atoms with Gasteiger partial charge in [0.15, 0.2) is 5.96 Å². The number of ether oxygens (including phenoxy) is 2. The highest BCUT2D eigenvalue weighted by atomic mass is 127. The van der Waals surface area contributed by atoms with Crippen LogP contribution < -0.4 is 10.6 Å². The lowest BCUT2D eigenvalue weighted by atomic mass is 9.97. The Bertz CT molecular complexity index is 527. The SMILES string of the molecule is CN=C(NCC(NC(=O)OC(C)(C)C)C(C)C)N1CCC(C(=O)OC)CC1.I. The van der Waals surface area contributed by atoms with Crippen molar-refractivity contribution in [3.05, 3.63) is 0 Å². The Balaban J connectivity index is 0.00000729. The molecule has 1 fully saturated rings. The molecule has 1 unspecified atom stereocenters. The molecule has 1 amide bonds. The van der Waals surface area contributed by atoms with Gasteiger partial charge < -0.3 is 25.0 Å². The fraction of sp³-hybridized carbons (Fsp3) is 0.842. The minimum atomic E-state index is -0.529. The smallest absolute Gasteiger partial charge is 0.407 e.